The summed E-state index contributed by atoms with van der Waals surface area (Å²) in [6, 6.07) is 6.51. The third-order valence-corrected chi connectivity index (χ3v) is 4.90. The Morgan fingerprint density at radius 2 is 2.05 bits per heavy atom. The number of hydrogen-bond donors (Lipinski definition) is 1. The molecule has 1 aliphatic rings. The van der Waals surface area contributed by atoms with Gasteiger partial charge in [-0.25, -0.2) is 0 Å². The van der Waals surface area contributed by atoms with E-state index in [1.165, 1.54) is 18.4 Å². The molecule has 1 atom stereocenters. The van der Waals surface area contributed by atoms with Gasteiger partial charge in [-0.2, -0.15) is 0 Å². The zero-order chi connectivity index (χ0) is 15.2. The summed E-state index contributed by atoms with van der Waals surface area (Å²) in [6.07, 6.45) is 2.36. The van der Waals surface area contributed by atoms with Gasteiger partial charge in [-0.1, -0.05) is 6.07 Å². The van der Waals surface area contributed by atoms with E-state index in [9.17, 15) is 0 Å². The molecule has 0 spiro atoms. The number of rotatable bonds is 6. The van der Waals surface area contributed by atoms with Crippen molar-refractivity contribution in [2.75, 3.05) is 40.5 Å². The Hall–Kier alpha value is -0.620. The summed E-state index contributed by atoms with van der Waals surface area (Å²) in [5.41, 5.74) is 7.28. The van der Waals surface area contributed by atoms with Crippen LogP contribution in [0.1, 0.15) is 24.4 Å². The molecule has 0 amide bonds. The van der Waals surface area contributed by atoms with E-state index in [1.54, 1.807) is 14.2 Å². The van der Waals surface area contributed by atoms with Gasteiger partial charge in [0.25, 0.3) is 0 Å². The maximum Gasteiger partial charge on any atom is 0.133 e. The van der Waals surface area contributed by atoms with E-state index in [-0.39, 0.29) is 6.04 Å². The average Bonchev–Trinajstić information content (AvgIpc) is 2.50. The highest BCUT2D eigenvalue weighted by Crippen LogP contribution is 2.31. The predicted molar refractivity (Wildman–Crippen MR) is 88.7 cm³/mol. The van der Waals surface area contributed by atoms with E-state index >= 15 is 0 Å². The molecule has 1 unspecified atom stereocenters. The summed E-state index contributed by atoms with van der Waals surface area (Å²) in [7, 11) is 3.46. The number of nitrogens with zero attached hydrogens (tertiary/aromatic N) is 1. The summed E-state index contributed by atoms with van der Waals surface area (Å²) in [5.74, 6) is 1.54. The smallest absolute Gasteiger partial charge is 0.133 e. The quantitative estimate of drug-likeness (QED) is 0.851. The molecule has 1 aromatic rings. The minimum absolute atomic E-state index is 0.274. The molecule has 0 saturated carbocycles. The van der Waals surface area contributed by atoms with Crippen molar-refractivity contribution >= 4 is 15.9 Å². The highest BCUT2D eigenvalue weighted by molar-refractivity contribution is 9.10. The summed E-state index contributed by atoms with van der Waals surface area (Å²) in [5, 5.41) is 0. The van der Waals surface area contributed by atoms with Gasteiger partial charge in [0.15, 0.2) is 0 Å². The third-order valence-electron chi connectivity index (χ3n) is 4.28. The fourth-order valence-corrected chi connectivity index (χ4v) is 3.61. The molecule has 1 aliphatic heterocycles. The normalized spacial score (nSPS) is 18.7. The fourth-order valence-electron chi connectivity index (χ4n) is 3.05. The lowest BCUT2D eigenvalue weighted by Gasteiger charge is -2.37. The van der Waals surface area contributed by atoms with Gasteiger partial charge >= 0.3 is 0 Å². The van der Waals surface area contributed by atoms with Crippen LogP contribution in [-0.2, 0) is 4.74 Å². The SMILES string of the molecule is COCC1CCN(C(CN)c2ccc(OC)c(Br)c2)CC1. The van der Waals surface area contributed by atoms with Gasteiger partial charge in [-0.15, -0.1) is 0 Å². The van der Waals surface area contributed by atoms with Gasteiger partial charge in [0, 0.05) is 26.3 Å². The van der Waals surface area contributed by atoms with Crippen LogP contribution >= 0.6 is 15.9 Å². The van der Waals surface area contributed by atoms with Gasteiger partial charge in [0.1, 0.15) is 5.75 Å². The highest BCUT2D eigenvalue weighted by atomic mass is 79.9. The number of nitrogens with two attached hydrogens (primary N) is 1. The molecule has 0 radical (unpaired) electrons. The van der Waals surface area contributed by atoms with Gasteiger partial charge in [0.2, 0.25) is 0 Å². The highest BCUT2D eigenvalue weighted by Gasteiger charge is 2.25. The van der Waals surface area contributed by atoms with Crippen molar-refractivity contribution in [3.05, 3.63) is 28.2 Å². The van der Waals surface area contributed by atoms with Crippen molar-refractivity contribution in [3.8, 4) is 5.75 Å². The molecule has 2 N–H and O–H groups in total. The van der Waals surface area contributed by atoms with Crippen LogP contribution in [0, 0.1) is 5.92 Å². The number of benzene rings is 1. The van der Waals surface area contributed by atoms with Crippen molar-refractivity contribution in [2.24, 2.45) is 11.7 Å². The lowest BCUT2D eigenvalue weighted by molar-refractivity contribution is 0.0810. The zero-order valence-corrected chi connectivity index (χ0v) is 14.4. The Bertz CT molecular complexity index is 448. The van der Waals surface area contributed by atoms with Crippen LogP contribution in [0.15, 0.2) is 22.7 Å². The molecule has 1 heterocycles. The topological polar surface area (TPSA) is 47.7 Å². The molecule has 21 heavy (non-hydrogen) atoms. The van der Waals surface area contributed by atoms with E-state index in [2.05, 4.69) is 33.0 Å². The van der Waals surface area contributed by atoms with Gasteiger partial charge in [0.05, 0.1) is 11.6 Å². The second kappa shape index (κ2) is 8.13. The lowest BCUT2D eigenvalue weighted by atomic mass is 9.95. The van der Waals surface area contributed by atoms with Crippen LogP contribution in [0.3, 0.4) is 0 Å². The maximum absolute atomic E-state index is 6.04. The van der Waals surface area contributed by atoms with Crippen LogP contribution in [0.5, 0.6) is 5.75 Å². The first-order valence-electron chi connectivity index (χ1n) is 7.46. The molecule has 4 nitrogen and oxygen atoms in total. The Kier molecular flexibility index (Phi) is 6.48. The molecular weight excluding hydrogens is 332 g/mol. The number of likely N-dealkylation sites (tertiary alicyclic amines) is 1. The second-order valence-corrected chi connectivity index (χ2v) is 6.43. The molecule has 0 bridgehead atoms. The summed E-state index contributed by atoms with van der Waals surface area (Å²) in [6.45, 7) is 3.67. The molecule has 5 heteroatoms. The van der Waals surface area contributed by atoms with Crippen LogP contribution in [-0.4, -0.2) is 45.4 Å². The molecule has 1 fully saturated rings. The first kappa shape index (κ1) is 16.7. The molecular formula is C16H25BrN2O2. The van der Waals surface area contributed by atoms with Crippen molar-refractivity contribution in [1.82, 2.24) is 4.90 Å². The molecule has 118 valence electrons. The van der Waals surface area contributed by atoms with Gasteiger partial charge in [-0.3, -0.25) is 4.90 Å². The first-order chi connectivity index (χ1) is 10.2. The Morgan fingerprint density at radius 3 is 2.57 bits per heavy atom. The Morgan fingerprint density at radius 1 is 1.33 bits per heavy atom. The van der Waals surface area contributed by atoms with E-state index in [1.807, 2.05) is 6.07 Å². The third kappa shape index (κ3) is 4.19. The van der Waals surface area contributed by atoms with Crippen LogP contribution in [0.25, 0.3) is 0 Å². The van der Waals surface area contributed by atoms with Crippen LogP contribution < -0.4 is 10.5 Å². The zero-order valence-electron chi connectivity index (χ0n) is 12.8. The number of ether oxygens (including phenoxy) is 2. The van der Waals surface area contributed by atoms with E-state index in [0.29, 0.717) is 12.5 Å². The minimum atomic E-state index is 0.274. The van der Waals surface area contributed by atoms with E-state index < -0.39 is 0 Å². The summed E-state index contributed by atoms with van der Waals surface area (Å²) >= 11 is 3.56. The number of piperidine rings is 1. The standard InChI is InChI=1S/C16H25BrN2O2/c1-20-11-12-5-7-19(8-6-12)15(10-18)13-3-4-16(21-2)14(17)9-13/h3-4,9,12,15H,5-8,10-11,18H2,1-2H3. The van der Waals surface area contributed by atoms with E-state index in [4.69, 9.17) is 15.2 Å². The average molecular weight is 357 g/mol. The minimum Gasteiger partial charge on any atom is -0.496 e. The van der Waals surface area contributed by atoms with Crippen molar-refractivity contribution in [3.63, 3.8) is 0 Å². The number of halogens is 1. The van der Waals surface area contributed by atoms with Crippen LogP contribution in [0.2, 0.25) is 0 Å². The predicted octanol–water partition coefficient (Wildman–Crippen LogP) is 2.82. The van der Waals surface area contributed by atoms with Gasteiger partial charge < -0.3 is 15.2 Å². The summed E-state index contributed by atoms with van der Waals surface area (Å²) in [4.78, 5) is 2.49. The molecule has 0 aromatic heterocycles. The Balaban J connectivity index is 2.05. The van der Waals surface area contributed by atoms with Crippen LogP contribution in [0.4, 0.5) is 0 Å². The lowest BCUT2D eigenvalue weighted by Crippen LogP contribution is -2.40. The first-order valence-corrected chi connectivity index (χ1v) is 8.25. The molecule has 1 aromatic carbocycles. The van der Waals surface area contributed by atoms with Crippen molar-refractivity contribution in [1.29, 1.82) is 0 Å². The van der Waals surface area contributed by atoms with Crippen molar-refractivity contribution < 1.29 is 9.47 Å². The fraction of sp³-hybridized carbons (Fsp3) is 0.625. The molecule has 0 aliphatic carbocycles. The second-order valence-electron chi connectivity index (χ2n) is 5.58. The summed E-state index contributed by atoms with van der Waals surface area (Å²) < 4.78 is 11.5. The number of methoxy groups -OCH3 is 2. The van der Waals surface area contributed by atoms with Gasteiger partial charge in [-0.05, 0) is 65.5 Å². The number of hydrogen-bond acceptors (Lipinski definition) is 4. The largest absolute Gasteiger partial charge is 0.496 e. The Labute approximate surface area is 135 Å². The molecule has 2 rings (SSSR count). The van der Waals surface area contributed by atoms with E-state index in [0.717, 1.165) is 29.9 Å². The maximum atomic E-state index is 6.04. The van der Waals surface area contributed by atoms with Crippen molar-refractivity contribution in [2.45, 2.75) is 18.9 Å². The monoisotopic (exact) mass is 356 g/mol. The molecule has 1 saturated heterocycles.